The normalized spacial score (nSPS) is 11.9. The quantitative estimate of drug-likeness (QED) is 0.940. The molecule has 0 aliphatic heterocycles. The number of hydrogen-bond donors (Lipinski definition) is 1. The van der Waals surface area contributed by atoms with Crippen LogP contribution in [0.2, 0.25) is 0 Å². The van der Waals surface area contributed by atoms with Gasteiger partial charge in [-0.2, -0.15) is 0 Å². The van der Waals surface area contributed by atoms with Crippen LogP contribution in [-0.2, 0) is 0 Å². The first-order valence-corrected chi connectivity index (χ1v) is 6.53. The highest BCUT2D eigenvalue weighted by Crippen LogP contribution is 2.21. The van der Waals surface area contributed by atoms with Crippen LogP contribution in [0.4, 0.5) is 4.39 Å². The Hall–Kier alpha value is -1.75. The van der Waals surface area contributed by atoms with Gasteiger partial charge in [-0.05, 0) is 52.7 Å². The van der Waals surface area contributed by atoms with Gasteiger partial charge in [-0.3, -0.25) is 9.78 Å². The summed E-state index contributed by atoms with van der Waals surface area (Å²) in [5.74, 6) is -0.778. The molecule has 0 saturated heterocycles. The Bertz CT molecular complexity index is 589. The first-order chi connectivity index (χ1) is 9.09. The monoisotopic (exact) mass is 322 g/mol. The first kappa shape index (κ1) is 13.7. The van der Waals surface area contributed by atoms with Gasteiger partial charge in [-0.1, -0.05) is 6.07 Å². The van der Waals surface area contributed by atoms with Crippen molar-refractivity contribution in [2.45, 2.75) is 13.0 Å². The van der Waals surface area contributed by atoms with E-state index >= 15 is 0 Å². The molecule has 0 aliphatic rings. The zero-order chi connectivity index (χ0) is 13.8. The second kappa shape index (κ2) is 5.93. The minimum Gasteiger partial charge on any atom is -0.345 e. The summed E-state index contributed by atoms with van der Waals surface area (Å²) < 4.78 is 13.5. The molecule has 1 N–H and O–H groups in total. The summed E-state index contributed by atoms with van der Waals surface area (Å²) in [6.45, 7) is 1.86. The van der Waals surface area contributed by atoms with Crippen molar-refractivity contribution in [2.24, 2.45) is 0 Å². The van der Waals surface area contributed by atoms with Crippen LogP contribution in [0, 0.1) is 5.82 Å². The Morgan fingerprint density at radius 2 is 2.00 bits per heavy atom. The van der Waals surface area contributed by atoms with E-state index in [2.05, 4.69) is 26.2 Å². The maximum Gasteiger partial charge on any atom is 0.253 e. The molecule has 2 rings (SSSR count). The average Bonchev–Trinajstić information content (AvgIpc) is 2.42. The highest BCUT2D eigenvalue weighted by molar-refractivity contribution is 9.10. The van der Waals surface area contributed by atoms with E-state index in [9.17, 15) is 9.18 Å². The molecule has 19 heavy (non-hydrogen) atoms. The van der Waals surface area contributed by atoms with Crippen molar-refractivity contribution < 1.29 is 9.18 Å². The van der Waals surface area contributed by atoms with Crippen molar-refractivity contribution in [2.75, 3.05) is 0 Å². The SMILES string of the molecule is CC(NC(=O)c1cccc(F)c1Br)c1ccncc1. The lowest BCUT2D eigenvalue weighted by Gasteiger charge is -2.14. The second-order valence-electron chi connectivity index (χ2n) is 4.08. The lowest BCUT2D eigenvalue weighted by atomic mass is 10.1. The van der Waals surface area contributed by atoms with Crippen molar-refractivity contribution in [1.29, 1.82) is 0 Å². The van der Waals surface area contributed by atoms with Gasteiger partial charge >= 0.3 is 0 Å². The second-order valence-corrected chi connectivity index (χ2v) is 4.87. The molecular formula is C14H12BrFN2O. The lowest BCUT2D eigenvalue weighted by Crippen LogP contribution is -2.27. The zero-order valence-electron chi connectivity index (χ0n) is 10.2. The third-order valence-corrected chi connectivity index (χ3v) is 3.56. The summed E-state index contributed by atoms with van der Waals surface area (Å²) in [6, 6.07) is 7.85. The van der Waals surface area contributed by atoms with Crippen molar-refractivity contribution in [3.8, 4) is 0 Å². The molecule has 1 atom stereocenters. The van der Waals surface area contributed by atoms with E-state index in [0.717, 1.165) is 5.56 Å². The summed E-state index contributed by atoms with van der Waals surface area (Å²) in [5, 5.41) is 2.82. The molecule has 1 aromatic heterocycles. The van der Waals surface area contributed by atoms with Crippen LogP contribution in [0.25, 0.3) is 0 Å². The van der Waals surface area contributed by atoms with E-state index in [0.29, 0.717) is 0 Å². The van der Waals surface area contributed by atoms with Gasteiger partial charge in [0.1, 0.15) is 5.82 Å². The van der Waals surface area contributed by atoms with E-state index in [4.69, 9.17) is 0 Å². The molecular weight excluding hydrogens is 311 g/mol. The number of aromatic nitrogens is 1. The van der Waals surface area contributed by atoms with Crippen LogP contribution >= 0.6 is 15.9 Å². The fraction of sp³-hybridized carbons (Fsp3) is 0.143. The van der Waals surface area contributed by atoms with Crippen LogP contribution in [0.15, 0.2) is 47.2 Å². The van der Waals surface area contributed by atoms with Crippen LogP contribution in [0.1, 0.15) is 28.9 Å². The number of amides is 1. The van der Waals surface area contributed by atoms with Crippen LogP contribution in [0.3, 0.4) is 0 Å². The minimum atomic E-state index is -0.454. The van der Waals surface area contributed by atoms with Gasteiger partial charge in [0.15, 0.2) is 0 Å². The van der Waals surface area contributed by atoms with Crippen molar-refractivity contribution in [3.63, 3.8) is 0 Å². The molecule has 1 aromatic carbocycles. The molecule has 0 bridgehead atoms. The molecule has 1 amide bonds. The third kappa shape index (κ3) is 3.17. The number of benzene rings is 1. The van der Waals surface area contributed by atoms with E-state index < -0.39 is 5.82 Å². The molecule has 1 unspecified atom stereocenters. The zero-order valence-corrected chi connectivity index (χ0v) is 11.8. The molecule has 0 saturated carbocycles. The number of carbonyl (C=O) groups is 1. The predicted molar refractivity (Wildman–Crippen MR) is 74.2 cm³/mol. The summed E-state index contributed by atoms with van der Waals surface area (Å²) in [7, 11) is 0. The lowest BCUT2D eigenvalue weighted by molar-refractivity contribution is 0.0938. The van der Waals surface area contributed by atoms with Crippen LogP contribution < -0.4 is 5.32 Å². The molecule has 0 radical (unpaired) electrons. The average molecular weight is 323 g/mol. The number of hydrogen-bond acceptors (Lipinski definition) is 2. The highest BCUT2D eigenvalue weighted by atomic mass is 79.9. The predicted octanol–water partition coefficient (Wildman–Crippen LogP) is 3.47. The molecule has 1 heterocycles. The largest absolute Gasteiger partial charge is 0.345 e. The fourth-order valence-corrected chi connectivity index (χ4v) is 2.13. The standard InChI is InChI=1S/C14H12BrFN2O/c1-9(10-5-7-17-8-6-10)18-14(19)11-3-2-4-12(16)13(11)15/h2-9H,1H3,(H,18,19). The molecule has 98 valence electrons. The molecule has 0 fully saturated rings. The Labute approximate surface area is 119 Å². The Kier molecular flexibility index (Phi) is 4.27. The maximum absolute atomic E-state index is 13.4. The van der Waals surface area contributed by atoms with Crippen LogP contribution in [-0.4, -0.2) is 10.9 Å². The highest BCUT2D eigenvalue weighted by Gasteiger charge is 2.15. The summed E-state index contributed by atoms with van der Waals surface area (Å²) in [6.07, 6.45) is 3.33. The smallest absolute Gasteiger partial charge is 0.253 e. The van der Waals surface area contributed by atoms with Crippen molar-refractivity contribution >= 4 is 21.8 Å². The summed E-state index contributed by atoms with van der Waals surface area (Å²) in [4.78, 5) is 16.0. The van der Waals surface area contributed by atoms with Gasteiger partial charge in [-0.25, -0.2) is 4.39 Å². The molecule has 3 nitrogen and oxygen atoms in total. The van der Waals surface area contributed by atoms with Crippen LogP contribution in [0.5, 0.6) is 0 Å². The van der Waals surface area contributed by atoms with Gasteiger partial charge in [-0.15, -0.1) is 0 Å². The molecule has 5 heteroatoms. The maximum atomic E-state index is 13.4. The van der Waals surface area contributed by atoms with E-state index in [1.165, 1.54) is 12.1 Å². The molecule has 0 aliphatic carbocycles. The summed E-state index contributed by atoms with van der Waals surface area (Å²) >= 11 is 3.08. The van der Waals surface area contributed by atoms with E-state index in [1.807, 2.05) is 19.1 Å². The van der Waals surface area contributed by atoms with Gasteiger partial charge in [0, 0.05) is 12.4 Å². The van der Waals surface area contributed by atoms with Crippen molar-refractivity contribution in [1.82, 2.24) is 10.3 Å². The Morgan fingerprint density at radius 1 is 1.32 bits per heavy atom. The number of rotatable bonds is 3. The van der Waals surface area contributed by atoms with E-state index in [1.54, 1.807) is 18.5 Å². The Balaban J connectivity index is 2.16. The summed E-state index contributed by atoms with van der Waals surface area (Å²) in [5.41, 5.74) is 1.22. The van der Waals surface area contributed by atoms with Crippen molar-refractivity contribution in [3.05, 3.63) is 64.1 Å². The number of halogens is 2. The number of pyridine rings is 1. The van der Waals surface area contributed by atoms with E-state index in [-0.39, 0.29) is 22.0 Å². The molecule has 2 aromatic rings. The topological polar surface area (TPSA) is 42.0 Å². The number of nitrogens with one attached hydrogen (secondary N) is 1. The Morgan fingerprint density at radius 3 is 2.68 bits per heavy atom. The minimum absolute atomic E-state index is 0.175. The van der Waals surface area contributed by atoms with Gasteiger partial charge in [0.2, 0.25) is 0 Å². The fourth-order valence-electron chi connectivity index (χ4n) is 1.69. The number of carbonyl (C=O) groups excluding carboxylic acids is 1. The van der Waals surface area contributed by atoms with Gasteiger partial charge in [0.25, 0.3) is 5.91 Å². The molecule has 0 spiro atoms. The third-order valence-electron chi connectivity index (χ3n) is 2.75. The van der Waals surface area contributed by atoms with Gasteiger partial charge < -0.3 is 5.32 Å². The van der Waals surface area contributed by atoms with Gasteiger partial charge in [0.05, 0.1) is 16.1 Å². The number of nitrogens with zero attached hydrogens (tertiary/aromatic N) is 1. The first-order valence-electron chi connectivity index (χ1n) is 5.74.